The summed E-state index contributed by atoms with van der Waals surface area (Å²) < 4.78 is 0. The Morgan fingerprint density at radius 2 is 1.00 bits per heavy atom. The third-order valence-electron chi connectivity index (χ3n) is 0. The molecule has 0 saturated carbocycles. The van der Waals surface area contributed by atoms with E-state index in [1.807, 2.05) is 0 Å². The van der Waals surface area contributed by atoms with Crippen LogP contribution in [0.5, 0.6) is 0 Å². The molecule has 0 aromatic rings. The summed E-state index contributed by atoms with van der Waals surface area (Å²) in [5.41, 5.74) is 0. The molecule has 0 N–H and O–H groups in total. The van der Waals surface area contributed by atoms with Crippen LogP contribution in [0.25, 0.3) is 0 Å². The van der Waals surface area contributed by atoms with Crippen molar-refractivity contribution in [1.82, 2.24) is 0 Å². The van der Waals surface area contributed by atoms with Crippen LogP contribution in [0.4, 0.5) is 0 Å². The van der Waals surface area contributed by atoms with Crippen molar-refractivity contribution in [2.45, 2.75) is 0 Å². The van der Waals surface area contributed by atoms with Crippen LogP contribution in [0.15, 0.2) is 0 Å². The second kappa shape index (κ2) is 29.7. The van der Waals surface area contributed by atoms with E-state index in [9.17, 15) is 0 Å². The van der Waals surface area contributed by atoms with Gasteiger partial charge in [-0.1, -0.05) is 0 Å². The third kappa shape index (κ3) is 20.2. The number of rotatable bonds is 0. The largest absolute Gasteiger partial charge is 1.00 e. The molecule has 0 rings (SSSR count). The first kappa shape index (κ1) is 47.0. The van der Waals surface area contributed by atoms with Gasteiger partial charge in [-0.2, -0.15) is 0 Å². The van der Waals surface area contributed by atoms with Crippen molar-refractivity contribution in [2.75, 3.05) is 0 Å². The molecule has 0 amide bonds. The molecule has 0 aliphatic carbocycles. The minimum absolute atomic E-state index is 0. The van der Waals surface area contributed by atoms with Crippen molar-refractivity contribution in [3.8, 4) is 0 Å². The van der Waals surface area contributed by atoms with Crippen LogP contribution in [0.3, 0.4) is 0 Å². The first-order valence-electron chi connectivity index (χ1n) is 0. The van der Waals surface area contributed by atoms with Gasteiger partial charge >= 0.3 is 37.7 Å². The summed E-state index contributed by atoms with van der Waals surface area (Å²) >= 11 is 0. The van der Waals surface area contributed by atoms with Gasteiger partial charge in [-0.05, 0) is 0 Å². The zero-order valence-electron chi connectivity index (χ0n) is 4.65. The Labute approximate surface area is 90.2 Å². The van der Waals surface area contributed by atoms with Gasteiger partial charge in [0.15, 0.2) is 17.4 Å². The van der Waals surface area contributed by atoms with Crippen molar-refractivity contribution >= 4 is 17.4 Å². The van der Waals surface area contributed by atoms with Crippen molar-refractivity contribution in [1.29, 1.82) is 0 Å². The summed E-state index contributed by atoms with van der Waals surface area (Å²) in [7, 11) is 0. The quantitative estimate of drug-likeness (QED) is 0.312. The molecule has 29 valence electrons. The summed E-state index contributed by atoms with van der Waals surface area (Å²) in [6.45, 7) is 0. The second-order valence-electron chi connectivity index (χ2n) is 0. The van der Waals surface area contributed by atoms with Gasteiger partial charge in [0.05, 0.1) is 0 Å². The smallest absolute Gasteiger partial charge is 1.00 e. The summed E-state index contributed by atoms with van der Waals surface area (Å²) in [5.74, 6) is 0. The van der Waals surface area contributed by atoms with Gasteiger partial charge in [-0.25, -0.2) is 0 Å². The zero-order chi connectivity index (χ0) is 0. The monoisotopic (exact) mass is 163 g/mol. The molecule has 0 unspecified atom stereocenters. The summed E-state index contributed by atoms with van der Waals surface area (Å²) in [5, 5.41) is 0. The molecule has 0 atom stereocenters. The predicted molar refractivity (Wildman–Crippen MR) is 12.2 cm³/mol. The Morgan fingerprint density at radius 3 is 1.00 bits per heavy atom. The molecule has 5 heteroatoms. The zero-order valence-corrected chi connectivity index (χ0v) is 4.68. The van der Waals surface area contributed by atoms with Gasteiger partial charge in [-0.3, -0.25) is 0 Å². The van der Waals surface area contributed by atoms with Crippen LogP contribution >= 0.6 is 0 Å². The van der Waals surface area contributed by atoms with Crippen molar-refractivity contribution in [2.24, 2.45) is 0 Å². The topological polar surface area (TPSA) is 0 Å². The van der Waals surface area contributed by atoms with Crippen molar-refractivity contribution in [3.63, 3.8) is 0 Å². The van der Waals surface area contributed by atoms with Crippen molar-refractivity contribution < 1.29 is 73.8 Å². The Bertz CT molecular complexity index is 15.7. The minimum atomic E-state index is 0. The molecule has 0 aromatic heterocycles. The molecule has 5 heavy (non-hydrogen) atoms. The Kier molecular flexibility index (Phi) is 279. The fourth-order valence-corrected chi connectivity index (χ4v) is 0. The number of hydrogen-bond donors (Lipinski definition) is 0. The van der Waals surface area contributed by atoms with Crippen LogP contribution in [0, 0.1) is 0 Å². The normalized spacial score (nSPS) is 0. The van der Waals surface area contributed by atoms with Gasteiger partial charge in [0.1, 0.15) is 0 Å². The molecule has 0 fully saturated rings. The predicted octanol–water partition coefficient (Wildman–Crippen LogP) is -6.96. The molecule has 0 aliphatic heterocycles. The fourth-order valence-electron chi connectivity index (χ4n) is 0. The van der Waals surface area contributed by atoms with E-state index >= 15 is 0 Å². The van der Waals surface area contributed by atoms with Gasteiger partial charge in [0.25, 0.3) is 0 Å². The van der Waals surface area contributed by atoms with E-state index in [0.717, 1.165) is 0 Å². The summed E-state index contributed by atoms with van der Waals surface area (Å²) in [6, 6.07) is 0. The van der Waals surface area contributed by atoms with E-state index in [-0.39, 0.29) is 91.2 Å². The van der Waals surface area contributed by atoms with Gasteiger partial charge in [0.2, 0.25) is 0 Å². The third-order valence-corrected chi connectivity index (χ3v) is 0. The Balaban J connectivity index is 0. The van der Waals surface area contributed by atoms with E-state index in [0.29, 0.717) is 0 Å². The van der Waals surface area contributed by atoms with Gasteiger partial charge < -0.3 is 2.85 Å². The molecular weight excluding hydrogens is 158 g/mol. The first-order chi connectivity index (χ1) is 0. The van der Waals surface area contributed by atoms with Crippen LogP contribution < -0.4 is 37.7 Å². The van der Waals surface area contributed by atoms with Crippen LogP contribution in [-0.2, 0) is 33.3 Å². The minimum Gasteiger partial charge on any atom is -1.00 e. The molecule has 0 nitrogen and oxygen atoms in total. The average Bonchev–Trinajstić information content (AvgIpc) is 0. The van der Waals surface area contributed by atoms with Crippen LogP contribution in [0.1, 0.15) is 2.85 Å². The number of hydrogen-bond acceptors (Lipinski definition) is 0. The first-order valence-corrected chi connectivity index (χ1v) is 0. The summed E-state index contributed by atoms with van der Waals surface area (Å²) in [6.07, 6.45) is 0. The second-order valence-corrected chi connectivity index (χ2v) is 0. The average molecular weight is 164 g/mol. The molecule has 1 radical (unpaired) electrons. The van der Waals surface area contributed by atoms with Gasteiger partial charge in [-0.15, -0.1) is 0 Å². The fraction of sp³-hybridized carbons (Fsp3) is 0. The molecule has 0 aliphatic rings. The molecule has 0 spiro atoms. The maximum atomic E-state index is 0. The molecule has 0 bridgehead atoms. The standard InChI is InChI=1S/Al.Co.2Li.Ni.5H/q;;2*+1;;;;;2*-1. The van der Waals surface area contributed by atoms with E-state index in [1.54, 1.807) is 0 Å². The van der Waals surface area contributed by atoms with E-state index in [4.69, 9.17) is 0 Å². The molecule has 0 heterocycles. The SMILES string of the molecule is [AlH3].[Co].[H-].[H-].[Li+].[Li+].[Ni]. The Hall–Kier alpha value is 2.73. The van der Waals surface area contributed by atoms with Crippen LogP contribution in [-0.4, -0.2) is 17.4 Å². The molecule has 0 aromatic carbocycles. The van der Waals surface area contributed by atoms with E-state index in [2.05, 4.69) is 0 Å². The molecular formula is H5AlCoLi2Ni. The molecule has 0 saturated heterocycles. The maximum Gasteiger partial charge on any atom is 1.00 e. The van der Waals surface area contributed by atoms with Crippen molar-refractivity contribution in [3.05, 3.63) is 0 Å². The van der Waals surface area contributed by atoms with E-state index in [1.165, 1.54) is 0 Å². The van der Waals surface area contributed by atoms with E-state index < -0.39 is 0 Å². The Morgan fingerprint density at radius 1 is 1.00 bits per heavy atom. The maximum absolute atomic E-state index is 0. The van der Waals surface area contributed by atoms with Crippen LogP contribution in [0.2, 0.25) is 0 Å². The van der Waals surface area contributed by atoms with Gasteiger partial charge in [0, 0.05) is 33.3 Å². The summed E-state index contributed by atoms with van der Waals surface area (Å²) in [4.78, 5) is 0.